The number of benzene rings is 2. The molecule has 366 valence electrons. The number of allylic oxidation sites excluding steroid dienone is 4. The molecule has 3 fully saturated rings. The molecule has 4 aliphatic carbocycles. The van der Waals surface area contributed by atoms with Crippen LogP contribution in [-0.4, -0.2) is 104 Å². The van der Waals surface area contributed by atoms with Gasteiger partial charge in [-0.15, -0.1) is 23.2 Å². The third-order valence-electron chi connectivity index (χ3n) is 14.0. The number of phenolic OH excluding ortho intramolecular Hbond substituents is 1. The molecule has 0 radical (unpaired) electrons. The number of methoxy groups -OCH3 is 1. The van der Waals surface area contributed by atoms with Crippen molar-refractivity contribution in [3.05, 3.63) is 114 Å². The maximum absolute atomic E-state index is 13.6. The summed E-state index contributed by atoms with van der Waals surface area (Å²) in [4.78, 5) is 67.3. The number of aliphatic carboxylic acids is 2. The van der Waals surface area contributed by atoms with Crippen LogP contribution >= 0.6 is 23.2 Å². The molecule has 0 spiro atoms. The number of nitrogens with one attached hydrogen (secondary N) is 2. The van der Waals surface area contributed by atoms with Gasteiger partial charge in [-0.2, -0.15) is 0 Å². The van der Waals surface area contributed by atoms with Gasteiger partial charge >= 0.3 is 17.9 Å². The molecule has 2 aromatic carbocycles. The fourth-order valence-corrected chi connectivity index (χ4v) is 11.5. The number of carbonyl (C=O) groups excluding carboxylic acids is 4. The van der Waals surface area contributed by atoms with Crippen molar-refractivity contribution in [1.29, 1.82) is 0 Å². The second-order valence-corrected chi connectivity index (χ2v) is 18.9. The number of ether oxygens (including phenoxy) is 2. The van der Waals surface area contributed by atoms with Crippen LogP contribution in [0.1, 0.15) is 81.2 Å². The van der Waals surface area contributed by atoms with E-state index < -0.39 is 51.4 Å². The maximum Gasteiger partial charge on any atom is 0.375 e. The van der Waals surface area contributed by atoms with Crippen LogP contribution in [0.15, 0.2) is 101 Å². The molecule has 3 aromatic rings. The molecule has 7 rings (SSSR count). The zero-order valence-electron chi connectivity index (χ0n) is 38.3. The fraction of sp³-hybridized carbons (Fsp3) is 0.440. The van der Waals surface area contributed by atoms with E-state index in [1.54, 1.807) is 31.4 Å². The number of furan rings is 1. The van der Waals surface area contributed by atoms with Crippen molar-refractivity contribution in [2.24, 2.45) is 28.6 Å². The second kappa shape index (κ2) is 22.1. The van der Waals surface area contributed by atoms with Gasteiger partial charge in [0.15, 0.2) is 17.2 Å². The van der Waals surface area contributed by atoms with Crippen LogP contribution in [0.3, 0.4) is 0 Å². The summed E-state index contributed by atoms with van der Waals surface area (Å²) < 4.78 is 16.5. The van der Waals surface area contributed by atoms with Crippen molar-refractivity contribution in [3.63, 3.8) is 0 Å². The molecule has 4 aliphatic rings. The fourth-order valence-electron chi connectivity index (χ4n) is 10.8. The summed E-state index contributed by atoms with van der Waals surface area (Å²) in [5.41, 5.74) is -0.131. The number of alkyl halides is 2. The summed E-state index contributed by atoms with van der Waals surface area (Å²) >= 11 is 13.6. The predicted molar refractivity (Wildman–Crippen MR) is 252 cm³/mol. The van der Waals surface area contributed by atoms with Gasteiger partial charge in [-0.1, -0.05) is 50.6 Å². The molecule has 1 aromatic heterocycles. The number of phenols is 1. The van der Waals surface area contributed by atoms with E-state index in [0.29, 0.717) is 49.9 Å². The Morgan fingerprint density at radius 1 is 1.03 bits per heavy atom. The normalized spacial score (nSPS) is 28.7. The Bertz CT molecular complexity index is 2400. The summed E-state index contributed by atoms with van der Waals surface area (Å²) in [5.74, 6) is -3.85. The van der Waals surface area contributed by atoms with Gasteiger partial charge < -0.3 is 50.1 Å². The summed E-state index contributed by atoms with van der Waals surface area (Å²) in [6.07, 6.45) is 9.12. The highest BCUT2D eigenvalue weighted by atomic mass is 35.5. The van der Waals surface area contributed by atoms with Crippen molar-refractivity contribution in [2.45, 2.75) is 88.5 Å². The van der Waals surface area contributed by atoms with Gasteiger partial charge in [0.25, 0.3) is 0 Å². The lowest BCUT2D eigenvalue weighted by Crippen LogP contribution is -2.69. The highest BCUT2D eigenvalue weighted by Crippen LogP contribution is 2.72. The number of aliphatic hydroxyl groups is 2. The lowest BCUT2D eigenvalue weighted by molar-refractivity contribution is -0.177. The Balaban J connectivity index is 0.000000228. The average Bonchev–Trinajstić information content (AvgIpc) is 3.92. The van der Waals surface area contributed by atoms with Crippen LogP contribution in [0.4, 0.5) is 5.69 Å². The summed E-state index contributed by atoms with van der Waals surface area (Å²) in [6, 6.07) is 15.8. The lowest BCUT2D eigenvalue weighted by atomic mass is 9.45. The summed E-state index contributed by atoms with van der Waals surface area (Å²) in [6.45, 7) is 8.23. The van der Waals surface area contributed by atoms with Crippen LogP contribution in [0.25, 0.3) is 0 Å². The van der Waals surface area contributed by atoms with E-state index in [1.165, 1.54) is 30.0 Å². The van der Waals surface area contributed by atoms with Crippen LogP contribution in [0.5, 0.6) is 11.5 Å². The molecule has 68 heavy (non-hydrogen) atoms. The number of hydrogen-bond acceptors (Lipinski definition) is 13. The molecule has 10 atom stereocenters. The van der Waals surface area contributed by atoms with Crippen LogP contribution in [0, 0.1) is 28.6 Å². The number of esters is 1. The molecule has 16 nitrogen and oxygen atoms in total. The third kappa shape index (κ3) is 10.7. The van der Waals surface area contributed by atoms with Gasteiger partial charge in [-0.05, 0) is 111 Å². The van der Waals surface area contributed by atoms with Gasteiger partial charge in [-0.3, -0.25) is 14.4 Å². The van der Waals surface area contributed by atoms with Gasteiger partial charge in [0.05, 0.1) is 42.0 Å². The Morgan fingerprint density at radius 3 is 2.29 bits per heavy atom. The molecule has 0 saturated heterocycles. The number of carbonyl (C=O) groups is 6. The number of carboxylic acid groups (broad SMARTS) is 2. The molecule has 7 N–H and O–H groups in total. The molecular formula is C50H58Cl2N2O14. The number of anilines is 1. The standard InChI is InChI=1S/C27H30Cl2O6.C19H24N2O4.C4H4O4/c1-15-11-19-18-7-6-16-12-17(30)8-9-24(16,2)26(18,29)21(31)13-25(19,3)27(15,22(32)14-28)35-23(33)20-5-4-10-34-20;1-13(9-14-3-6-16(25-2)7-4-14)20-11-19(24)15-5-8-18(23)17(10-15)21-12-22;5-3(6)1-2-4(7)8/h4-5,8-10,12,15,18-19,21,31H,6-7,11,13-14H2,1-3H3;3-8,10,12-13,19-20,23-24H,9,11H2,1-2H3,(H,21,22);1-2H,(H,5,6)(H,7,8)/b;;2-1+/t15-,18+,19+,21+,24+,25+,26+,27+;13-,19+;/m11./s1. The number of amides is 1. The number of fused-ring (bicyclic) bond motifs is 5. The first-order chi connectivity index (χ1) is 32.1. The van der Waals surface area contributed by atoms with Crippen molar-refractivity contribution < 1.29 is 68.2 Å². The van der Waals surface area contributed by atoms with Gasteiger partial charge in [0.1, 0.15) is 11.5 Å². The Morgan fingerprint density at radius 2 is 1.71 bits per heavy atom. The maximum atomic E-state index is 13.6. The highest BCUT2D eigenvalue weighted by Gasteiger charge is 2.76. The zero-order valence-corrected chi connectivity index (χ0v) is 39.8. The van der Waals surface area contributed by atoms with Crippen molar-refractivity contribution >= 4 is 64.8 Å². The van der Waals surface area contributed by atoms with Gasteiger partial charge in [0, 0.05) is 41.5 Å². The number of hydrogen-bond donors (Lipinski definition) is 7. The van der Waals surface area contributed by atoms with E-state index in [-0.39, 0.29) is 64.9 Å². The van der Waals surface area contributed by atoms with Crippen molar-refractivity contribution in [1.82, 2.24) is 5.32 Å². The summed E-state index contributed by atoms with van der Waals surface area (Å²) in [5, 5.41) is 53.0. The van der Waals surface area contributed by atoms with E-state index in [0.717, 1.165) is 17.7 Å². The first-order valence-electron chi connectivity index (χ1n) is 22.0. The number of halogens is 2. The van der Waals surface area contributed by atoms with Gasteiger partial charge in [-0.25, -0.2) is 14.4 Å². The van der Waals surface area contributed by atoms with E-state index in [9.17, 15) is 44.1 Å². The number of aliphatic hydroxyl groups excluding tert-OH is 2. The predicted octanol–water partition coefficient (Wildman–Crippen LogP) is 6.80. The molecular weight excluding hydrogens is 923 g/mol. The van der Waals surface area contributed by atoms with E-state index in [1.807, 2.05) is 58.0 Å². The number of carboxylic acids is 2. The Kier molecular flexibility index (Phi) is 17.3. The Hall–Kier alpha value is -5.78. The number of rotatable bonds is 15. The highest BCUT2D eigenvalue weighted by molar-refractivity contribution is 6.29. The minimum absolute atomic E-state index is 0.00557. The first-order valence-corrected chi connectivity index (χ1v) is 22.9. The molecule has 1 heterocycles. The van der Waals surface area contributed by atoms with E-state index in [4.69, 9.17) is 47.3 Å². The molecule has 18 heteroatoms. The van der Waals surface area contributed by atoms with Crippen LogP contribution in [0.2, 0.25) is 0 Å². The quantitative estimate of drug-likeness (QED) is 0.0272. The average molecular weight is 982 g/mol. The summed E-state index contributed by atoms with van der Waals surface area (Å²) in [7, 11) is 1.64. The molecule has 0 bridgehead atoms. The molecule has 0 unspecified atom stereocenters. The number of aromatic hydroxyl groups is 1. The van der Waals surface area contributed by atoms with Crippen molar-refractivity contribution in [3.8, 4) is 11.5 Å². The van der Waals surface area contributed by atoms with E-state index in [2.05, 4.69) is 10.6 Å². The van der Waals surface area contributed by atoms with Crippen LogP contribution in [-0.2, 0) is 35.1 Å². The molecule has 0 aliphatic heterocycles. The molecule has 1 amide bonds. The zero-order chi connectivity index (χ0) is 50.2. The topological polar surface area (TPSA) is 259 Å². The minimum Gasteiger partial charge on any atom is -0.506 e. The third-order valence-corrected chi connectivity index (χ3v) is 15.2. The minimum atomic E-state index is -1.53. The van der Waals surface area contributed by atoms with Gasteiger partial charge in [0.2, 0.25) is 12.2 Å². The SMILES string of the molecule is COc1ccc(C[C@@H](C)NC[C@H](O)c2ccc(O)c(NC=O)c2)cc1.C[C@@H]1C[C@H]2[C@@H]3CCC4=CC(=O)C=C[C@]4(C)[C@@]3(Cl)[C@@H](O)C[C@]2(C)[C@@]1(OC(=O)c1ccco1)C(=O)CCl.O=C(O)/C=C/C(=O)O. The van der Waals surface area contributed by atoms with Crippen LogP contribution < -0.4 is 15.4 Å². The number of ketones is 2. The van der Waals surface area contributed by atoms with Crippen molar-refractivity contribution in [2.75, 3.05) is 24.9 Å². The lowest BCUT2D eigenvalue weighted by Gasteiger charge is -2.64. The second-order valence-electron chi connectivity index (χ2n) is 18.0. The molecule has 3 saturated carbocycles. The monoisotopic (exact) mass is 980 g/mol. The Labute approximate surface area is 404 Å². The first kappa shape index (κ1) is 53.2. The number of Topliss-reactive ketones (excluding diaryl/α,β-unsaturated/α-hetero) is 1. The largest absolute Gasteiger partial charge is 0.506 e. The smallest absolute Gasteiger partial charge is 0.375 e. The van der Waals surface area contributed by atoms with E-state index >= 15 is 0 Å².